The molecule has 2 fully saturated rings. The molecule has 214 valence electrons. The molecular weight excluding hydrogens is 522 g/mol. The molecule has 2 atom stereocenters. The van der Waals surface area contributed by atoms with Gasteiger partial charge in [-0.2, -0.15) is 15.2 Å². The van der Waals surface area contributed by atoms with Crippen LogP contribution in [-0.2, 0) is 17.7 Å². The summed E-state index contributed by atoms with van der Waals surface area (Å²) in [5, 5.41) is 21.5. The van der Waals surface area contributed by atoms with Crippen molar-refractivity contribution in [3.63, 3.8) is 0 Å². The van der Waals surface area contributed by atoms with Crippen LogP contribution in [0.25, 0.3) is 10.8 Å². The fourth-order valence-electron chi connectivity index (χ4n) is 6.12. The predicted molar refractivity (Wildman–Crippen MR) is 154 cm³/mol. The molecule has 0 saturated carbocycles. The number of hydrogen-bond acceptors (Lipinski definition) is 9. The second-order valence-corrected chi connectivity index (χ2v) is 10.9. The minimum atomic E-state index is -0.998. The Balaban J connectivity index is 1.32. The number of nitrogens with zero attached hydrogens (tertiary/aromatic N) is 7. The van der Waals surface area contributed by atoms with Crippen LogP contribution in [-0.4, -0.2) is 103 Å². The SMILES string of the molecule is CN1CCO[C@@H](COc2nc3c(c(N4CCN(C(=O)O)[C@@H](CC#N)C4)n2)CCN(c2cccc4ccccc24)C3)C1. The van der Waals surface area contributed by atoms with E-state index in [9.17, 15) is 15.2 Å². The Morgan fingerprint density at radius 2 is 1.95 bits per heavy atom. The largest absolute Gasteiger partial charge is 0.465 e. The van der Waals surface area contributed by atoms with E-state index in [1.165, 1.54) is 21.4 Å². The van der Waals surface area contributed by atoms with Crippen LogP contribution in [0.15, 0.2) is 42.5 Å². The number of carboxylic acid groups (broad SMARTS) is 1. The van der Waals surface area contributed by atoms with Gasteiger partial charge >= 0.3 is 12.1 Å². The lowest BCUT2D eigenvalue weighted by atomic mass is 10.0. The van der Waals surface area contributed by atoms with Gasteiger partial charge in [0.05, 0.1) is 37.4 Å². The van der Waals surface area contributed by atoms with Gasteiger partial charge < -0.3 is 34.2 Å². The highest BCUT2D eigenvalue weighted by molar-refractivity contribution is 5.94. The standard InChI is InChI=1S/C30H35N7O4/c1-34-15-16-40-23(18-34)20-41-29-32-26-19-35(27-8-4-6-21-5-2-3-7-24(21)27)12-10-25(26)28(33-29)36-13-14-37(30(38)39)22(17-36)9-11-31/h2-8,22-23H,9-10,12-20H2,1H3,(H,38,39)/t22-,23+/m0/s1. The highest BCUT2D eigenvalue weighted by Crippen LogP contribution is 2.34. The molecule has 1 N–H and O–H groups in total. The summed E-state index contributed by atoms with van der Waals surface area (Å²) < 4.78 is 12.0. The summed E-state index contributed by atoms with van der Waals surface area (Å²) in [5.41, 5.74) is 3.13. The first-order valence-corrected chi connectivity index (χ1v) is 14.2. The molecule has 1 aromatic heterocycles. The molecule has 3 aliphatic heterocycles. The molecule has 6 rings (SSSR count). The third kappa shape index (κ3) is 5.71. The third-order valence-corrected chi connectivity index (χ3v) is 8.23. The van der Waals surface area contributed by atoms with E-state index >= 15 is 0 Å². The van der Waals surface area contributed by atoms with Crippen molar-refractivity contribution in [3.8, 4) is 12.1 Å². The first-order chi connectivity index (χ1) is 20.0. The summed E-state index contributed by atoms with van der Waals surface area (Å²) in [4.78, 5) is 29.6. The number of carbonyl (C=O) groups is 1. The maximum Gasteiger partial charge on any atom is 0.407 e. The number of ether oxygens (including phenoxy) is 2. The number of anilines is 2. The van der Waals surface area contributed by atoms with Gasteiger partial charge in [-0.1, -0.05) is 36.4 Å². The Labute approximate surface area is 239 Å². The van der Waals surface area contributed by atoms with Crippen LogP contribution >= 0.6 is 0 Å². The minimum Gasteiger partial charge on any atom is -0.465 e. The Kier molecular flexibility index (Phi) is 7.76. The molecule has 0 bridgehead atoms. The molecule has 11 nitrogen and oxygen atoms in total. The molecule has 2 aromatic carbocycles. The Hall–Kier alpha value is -4.14. The van der Waals surface area contributed by atoms with Crippen molar-refractivity contribution < 1.29 is 19.4 Å². The molecule has 3 aliphatic rings. The van der Waals surface area contributed by atoms with Gasteiger partial charge in [0, 0.05) is 55.9 Å². The van der Waals surface area contributed by atoms with E-state index in [2.05, 4.69) is 70.3 Å². The molecule has 0 aliphatic carbocycles. The van der Waals surface area contributed by atoms with Crippen molar-refractivity contribution >= 4 is 28.4 Å². The van der Waals surface area contributed by atoms with Crippen molar-refractivity contribution in [1.29, 1.82) is 5.26 Å². The van der Waals surface area contributed by atoms with E-state index < -0.39 is 12.1 Å². The highest BCUT2D eigenvalue weighted by atomic mass is 16.5. The normalized spacial score (nSPS) is 21.4. The van der Waals surface area contributed by atoms with Crippen molar-refractivity contribution in [2.75, 3.05) is 69.3 Å². The molecule has 0 radical (unpaired) electrons. The predicted octanol–water partition coefficient (Wildman–Crippen LogP) is 2.98. The quantitative estimate of drug-likeness (QED) is 0.485. The lowest BCUT2D eigenvalue weighted by Gasteiger charge is -2.41. The highest BCUT2D eigenvalue weighted by Gasteiger charge is 2.34. The molecule has 11 heteroatoms. The van der Waals surface area contributed by atoms with Gasteiger partial charge in [-0.25, -0.2) is 4.79 Å². The molecule has 1 amide bonds. The summed E-state index contributed by atoms with van der Waals surface area (Å²) in [6.07, 6.45) is -0.196. The zero-order valence-electron chi connectivity index (χ0n) is 23.3. The number of aromatic nitrogens is 2. The topological polar surface area (TPSA) is 118 Å². The van der Waals surface area contributed by atoms with Crippen molar-refractivity contribution in [3.05, 3.63) is 53.7 Å². The van der Waals surface area contributed by atoms with Crippen LogP contribution in [0.1, 0.15) is 17.7 Å². The van der Waals surface area contributed by atoms with Crippen LogP contribution in [0, 0.1) is 11.3 Å². The molecule has 3 aromatic rings. The van der Waals surface area contributed by atoms with Crippen LogP contribution in [0.2, 0.25) is 0 Å². The molecule has 2 saturated heterocycles. The van der Waals surface area contributed by atoms with E-state index in [-0.39, 0.29) is 12.5 Å². The van der Waals surface area contributed by atoms with Crippen LogP contribution in [0.5, 0.6) is 6.01 Å². The molecule has 4 heterocycles. The molecule has 0 spiro atoms. The Morgan fingerprint density at radius 3 is 2.78 bits per heavy atom. The Morgan fingerprint density at radius 1 is 1.10 bits per heavy atom. The van der Waals surface area contributed by atoms with Gasteiger partial charge in [-0.15, -0.1) is 0 Å². The van der Waals surface area contributed by atoms with Gasteiger partial charge in [0.25, 0.3) is 0 Å². The van der Waals surface area contributed by atoms with Gasteiger partial charge in [0.2, 0.25) is 0 Å². The zero-order valence-corrected chi connectivity index (χ0v) is 23.3. The average molecular weight is 558 g/mol. The fraction of sp³-hybridized carbons (Fsp3) is 0.467. The van der Waals surface area contributed by atoms with Crippen molar-refractivity contribution in [2.24, 2.45) is 0 Å². The lowest BCUT2D eigenvalue weighted by Crippen LogP contribution is -2.55. The van der Waals surface area contributed by atoms with Crippen LogP contribution < -0.4 is 14.5 Å². The second-order valence-electron chi connectivity index (χ2n) is 10.9. The number of benzene rings is 2. The summed E-state index contributed by atoms with van der Waals surface area (Å²) in [6.45, 7) is 5.28. The number of rotatable bonds is 6. The van der Waals surface area contributed by atoms with E-state index in [1.54, 1.807) is 0 Å². The monoisotopic (exact) mass is 557 g/mol. The molecular formula is C30H35N7O4. The molecule has 41 heavy (non-hydrogen) atoms. The van der Waals surface area contributed by atoms with Crippen LogP contribution in [0.3, 0.4) is 0 Å². The van der Waals surface area contributed by atoms with E-state index in [0.717, 1.165) is 43.1 Å². The second kappa shape index (κ2) is 11.8. The number of nitriles is 1. The lowest BCUT2D eigenvalue weighted by molar-refractivity contribution is -0.0417. The summed E-state index contributed by atoms with van der Waals surface area (Å²) in [5.74, 6) is 0.775. The molecule has 0 unspecified atom stereocenters. The van der Waals surface area contributed by atoms with E-state index in [0.29, 0.717) is 45.4 Å². The smallest absolute Gasteiger partial charge is 0.407 e. The number of amides is 1. The van der Waals surface area contributed by atoms with Gasteiger partial charge in [-0.3, -0.25) is 0 Å². The van der Waals surface area contributed by atoms with Crippen LogP contribution in [0.4, 0.5) is 16.3 Å². The first-order valence-electron chi connectivity index (χ1n) is 14.2. The fourth-order valence-corrected chi connectivity index (χ4v) is 6.12. The maximum absolute atomic E-state index is 11.8. The minimum absolute atomic E-state index is 0.0665. The van der Waals surface area contributed by atoms with E-state index in [1.807, 2.05) is 0 Å². The number of fused-ring (bicyclic) bond motifs is 2. The van der Waals surface area contributed by atoms with Crippen molar-refractivity contribution in [1.82, 2.24) is 19.8 Å². The number of likely N-dealkylation sites (N-methyl/N-ethyl adjacent to an activating group) is 1. The van der Waals surface area contributed by atoms with Gasteiger partial charge in [0.15, 0.2) is 0 Å². The maximum atomic E-state index is 11.8. The van der Waals surface area contributed by atoms with Crippen molar-refractivity contribution in [2.45, 2.75) is 31.5 Å². The van der Waals surface area contributed by atoms with E-state index in [4.69, 9.17) is 19.4 Å². The summed E-state index contributed by atoms with van der Waals surface area (Å²) in [6, 6.07) is 16.8. The number of piperazine rings is 1. The Bertz CT molecular complexity index is 1460. The zero-order chi connectivity index (χ0) is 28.3. The average Bonchev–Trinajstić information content (AvgIpc) is 2.99. The number of hydrogen-bond donors (Lipinski definition) is 1. The number of morpholine rings is 1. The first kappa shape index (κ1) is 27.1. The van der Waals surface area contributed by atoms with Gasteiger partial charge in [-0.05, 0) is 24.9 Å². The summed E-state index contributed by atoms with van der Waals surface area (Å²) in [7, 11) is 2.07. The summed E-state index contributed by atoms with van der Waals surface area (Å²) >= 11 is 0. The third-order valence-electron chi connectivity index (χ3n) is 8.23. The van der Waals surface area contributed by atoms with Gasteiger partial charge in [0.1, 0.15) is 18.5 Å².